The number of benzene rings is 2. The average Bonchev–Trinajstić information content (AvgIpc) is 2.87. The molecule has 1 amide bonds. The summed E-state index contributed by atoms with van der Waals surface area (Å²) in [6.45, 7) is 16.8. The molecule has 3 N–H and O–H groups in total. The van der Waals surface area contributed by atoms with Crippen LogP contribution in [-0.2, 0) is 21.4 Å². The summed E-state index contributed by atoms with van der Waals surface area (Å²) in [5, 5.41) is 3.07. The zero-order valence-electron chi connectivity index (χ0n) is 22.4. The molecule has 0 aromatic heterocycles. The van der Waals surface area contributed by atoms with Crippen LogP contribution in [-0.4, -0.2) is 79.3 Å². The van der Waals surface area contributed by atoms with E-state index in [1.165, 1.54) is 22.0 Å². The van der Waals surface area contributed by atoms with Crippen molar-refractivity contribution in [2.45, 2.75) is 63.2 Å². The van der Waals surface area contributed by atoms with E-state index in [2.05, 4.69) is 21.1 Å². The van der Waals surface area contributed by atoms with Crippen LogP contribution in [0, 0.1) is 13.5 Å². The van der Waals surface area contributed by atoms with Gasteiger partial charge >= 0.3 is 0 Å². The van der Waals surface area contributed by atoms with Crippen molar-refractivity contribution < 1.29 is 13.2 Å². The number of likely N-dealkylation sites (tertiary alicyclic amines) is 1. The van der Waals surface area contributed by atoms with Crippen molar-refractivity contribution in [3.05, 3.63) is 65.0 Å². The highest BCUT2D eigenvalue weighted by Gasteiger charge is 2.38. The number of rotatable bonds is 7. The van der Waals surface area contributed by atoms with Gasteiger partial charge in [-0.3, -0.25) is 14.6 Å². The molecule has 0 bridgehead atoms. The second-order valence-corrected chi connectivity index (χ2v) is 12.4. The molecule has 9 nitrogen and oxygen atoms in total. The Balaban J connectivity index is 1.37. The fraction of sp³-hybridized carbons (Fsp3) is 0.500. The van der Waals surface area contributed by atoms with Crippen molar-refractivity contribution in [3.8, 4) is 0 Å². The monoisotopic (exact) mass is 538 g/mol. The normalized spacial score (nSPS) is 22.2. The molecule has 0 unspecified atom stereocenters. The Morgan fingerprint density at radius 2 is 1.74 bits per heavy atom. The molecular weight excluding hydrogens is 500 g/mol. The Hall–Kier alpha value is -2.81. The van der Waals surface area contributed by atoms with Crippen LogP contribution in [0.4, 0.5) is 11.4 Å². The number of sulfonamides is 1. The van der Waals surface area contributed by atoms with Crippen LogP contribution in [0.1, 0.15) is 37.8 Å². The number of nitrogens with zero attached hydrogens (tertiary/aromatic N) is 4. The van der Waals surface area contributed by atoms with E-state index in [0.717, 1.165) is 43.7 Å². The number of piperidine rings is 1. The summed E-state index contributed by atoms with van der Waals surface area (Å²) in [5.41, 5.74) is 9.40. The lowest BCUT2D eigenvalue weighted by molar-refractivity contribution is -0.118. The molecule has 2 heterocycles. The van der Waals surface area contributed by atoms with E-state index < -0.39 is 10.0 Å². The molecule has 4 rings (SSSR count). The number of anilines is 1. The van der Waals surface area contributed by atoms with Gasteiger partial charge in [0.05, 0.1) is 18.0 Å². The Bertz CT molecular complexity index is 1290. The number of hydrogen-bond acceptors (Lipinski definition) is 6. The quantitative estimate of drug-likeness (QED) is 0.525. The smallest absolute Gasteiger partial charge is 0.242 e. The second kappa shape index (κ2) is 11.9. The third-order valence-corrected chi connectivity index (χ3v) is 9.67. The van der Waals surface area contributed by atoms with E-state index in [0.29, 0.717) is 24.8 Å². The number of hydrogen-bond donors (Lipinski definition) is 2. The maximum atomic E-state index is 13.4. The minimum atomic E-state index is -3.77. The predicted molar refractivity (Wildman–Crippen MR) is 149 cm³/mol. The molecule has 2 saturated heterocycles. The van der Waals surface area contributed by atoms with Crippen LogP contribution in [0.25, 0.3) is 4.85 Å². The van der Waals surface area contributed by atoms with Gasteiger partial charge < -0.3 is 11.1 Å². The minimum absolute atomic E-state index is 0.116. The van der Waals surface area contributed by atoms with Crippen LogP contribution >= 0.6 is 0 Å². The van der Waals surface area contributed by atoms with Crippen molar-refractivity contribution in [1.82, 2.24) is 14.1 Å². The van der Waals surface area contributed by atoms with E-state index in [1.54, 1.807) is 12.1 Å². The van der Waals surface area contributed by atoms with Gasteiger partial charge in [0, 0.05) is 43.4 Å². The first kappa shape index (κ1) is 28.2. The van der Waals surface area contributed by atoms with Crippen molar-refractivity contribution in [2.24, 2.45) is 5.73 Å². The van der Waals surface area contributed by atoms with Gasteiger partial charge in [-0.05, 0) is 76.0 Å². The molecule has 2 aromatic rings. The van der Waals surface area contributed by atoms with Crippen molar-refractivity contribution in [3.63, 3.8) is 0 Å². The molecule has 0 saturated carbocycles. The molecule has 0 spiro atoms. The molecule has 10 heteroatoms. The number of amides is 1. The zero-order valence-corrected chi connectivity index (χ0v) is 23.2. The van der Waals surface area contributed by atoms with Crippen LogP contribution in [0.3, 0.4) is 0 Å². The second-order valence-electron chi connectivity index (χ2n) is 10.6. The van der Waals surface area contributed by atoms with Crippen LogP contribution in [0.5, 0.6) is 0 Å². The largest absolute Gasteiger partial charge is 0.328 e. The van der Waals surface area contributed by atoms with Gasteiger partial charge in [0.2, 0.25) is 15.9 Å². The molecule has 2 aliphatic rings. The van der Waals surface area contributed by atoms with Crippen molar-refractivity contribution in [2.75, 3.05) is 38.0 Å². The summed E-state index contributed by atoms with van der Waals surface area (Å²) in [4.78, 5) is 20.9. The molecule has 2 fully saturated rings. The average molecular weight is 539 g/mol. The maximum Gasteiger partial charge on any atom is 0.242 e. The number of piperazine rings is 1. The van der Waals surface area contributed by atoms with Crippen LogP contribution in [0.15, 0.2) is 47.4 Å². The first-order chi connectivity index (χ1) is 18.1. The van der Waals surface area contributed by atoms with Crippen LogP contribution in [0.2, 0.25) is 0 Å². The van der Waals surface area contributed by atoms with Gasteiger partial charge in [0.15, 0.2) is 5.69 Å². The third kappa shape index (κ3) is 6.42. The maximum absolute atomic E-state index is 13.4. The number of nitrogens with one attached hydrogen (secondary N) is 1. The van der Waals surface area contributed by atoms with Crippen molar-refractivity contribution in [1.29, 1.82) is 0 Å². The number of carbonyl (C=O) groups is 1. The lowest BCUT2D eigenvalue weighted by Crippen LogP contribution is -2.59. The SMILES string of the molecule is [C-]#[N+]c1cccc(S(=O)(=O)N2[C@H](C)CN(CC(=O)Nc3cccc(CN4CCC(N)CC4)c3C)C[C@@H]2C)c1. The van der Waals surface area contributed by atoms with E-state index in [9.17, 15) is 13.2 Å². The Labute approximate surface area is 226 Å². The van der Waals surface area contributed by atoms with E-state index in [1.807, 2.05) is 37.8 Å². The fourth-order valence-corrected chi connectivity index (χ4v) is 7.43. The molecule has 0 aliphatic carbocycles. The first-order valence-corrected chi connectivity index (χ1v) is 14.6. The Morgan fingerprint density at radius 3 is 2.39 bits per heavy atom. The summed E-state index contributed by atoms with van der Waals surface area (Å²) in [5.74, 6) is -0.116. The molecule has 2 aliphatic heterocycles. The summed E-state index contributed by atoms with van der Waals surface area (Å²) in [6, 6.07) is 11.8. The lowest BCUT2D eigenvalue weighted by Gasteiger charge is -2.43. The highest BCUT2D eigenvalue weighted by Crippen LogP contribution is 2.28. The van der Waals surface area contributed by atoms with Crippen LogP contribution < -0.4 is 11.1 Å². The molecule has 204 valence electrons. The van der Waals surface area contributed by atoms with E-state index in [-0.39, 0.29) is 29.4 Å². The van der Waals surface area contributed by atoms with Gasteiger partial charge in [0.25, 0.3) is 0 Å². The number of nitrogens with two attached hydrogens (primary N) is 1. The summed E-state index contributed by atoms with van der Waals surface area (Å²) in [6.07, 6.45) is 2.02. The molecular formula is C28H38N6O3S. The predicted octanol–water partition coefficient (Wildman–Crippen LogP) is 3.19. The van der Waals surface area contributed by atoms with Gasteiger partial charge in [-0.15, -0.1) is 0 Å². The summed E-state index contributed by atoms with van der Waals surface area (Å²) in [7, 11) is -3.77. The summed E-state index contributed by atoms with van der Waals surface area (Å²) < 4.78 is 28.3. The zero-order chi connectivity index (χ0) is 27.4. The Kier molecular flexibility index (Phi) is 8.85. The highest BCUT2D eigenvalue weighted by atomic mass is 32.2. The molecule has 2 atom stereocenters. The van der Waals surface area contributed by atoms with Crippen molar-refractivity contribution >= 4 is 27.3 Å². The highest BCUT2D eigenvalue weighted by molar-refractivity contribution is 7.89. The van der Waals surface area contributed by atoms with Gasteiger partial charge in [0.1, 0.15) is 0 Å². The topological polar surface area (TPSA) is 103 Å². The Morgan fingerprint density at radius 1 is 1.08 bits per heavy atom. The van der Waals surface area contributed by atoms with Gasteiger partial charge in [-0.2, -0.15) is 4.31 Å². The van der Waals surface area contributed by atoms with Gasteiger partial charge in [-0.1, -0.05) is 24.3 Å². The van der Waals surface area contributed by atoms with Gasteiger partial charge in [-0.25, -0.2) is 13.3 Å². The lowest BCUT2D eigenvalue weighted by atomic mass is 10.0. The molecule has 0 radical (unpaired) electrons. The minimum Gasteiger partial charge on any atom is -0.328 e. The molecule has 38 heavy (non-hydrogen) atoms. The fourth-order valence-electron chi connectivity index (χ4n) is 5.59. The van der Waals surface area contributed by atoms with E-state index >= 15 is 0 Å². The third-order valence-electron chi connectivity index (χ3n) is 7.55. The molecule has 2 aromatic carbocycles. The van der Waals surface area contributed by atoms with E-state index in [4.69, 9.17) is 12.3 Å². The standard InChI is InChI=1S/C28H38N6O3S/c1-20-16-33(17-21(2)34(20)38(36,37)26-9-6-8-25(15-26)30-4)19-28(35)31-27-10-5-7-23(22(27)3)18-32-13-11-24(29)12-14-32/h5-10,15,20-21,24H,11-14,16-19,29H2,1-3H3,(H,31,35)/t20-,21+. The number of carbonyl (C=O) groups excluding carboxylic acids is 1. The summed E-state index contributed by atoms with van der Waals surface area (Å²) >= 11 is 0. The first-order valence-electron chi connectivity index (χ1n) is 13.2.